The van der Waals surface area contributed by atoms with E-state index in [0.717, 1.165) is 12.0 Å². The molecule has 0 aliphatic carbocycles. The molecule has 0 spiro atoms. The number of amides is 1. The van der Waals surface area contributed by atoms with Crippen LogP contribution in [0.2, 0.25) is 0 Å². The van der Waals surface area contributed by atoms with E-state index in [1.807, 2.05) is 4.90 Å². The number of nitrogens with zero attached hydrogens (tertiary/aromatic N) is 1. The van der Waals surface area contributed by atoms with Gasteiger partial charge in [-0.05, 0) is 18.4 Å². The van der Waals surface area contributed by atoms with Crippen molar-refractivity contribution >= 4 is 5.91 Å². The van der Waals surface area contributed by atoms with Gasteiger partial charge >= 0.3 is 0 Å². The van der Waals surface area contributed by atoms with Crippen molar-refractivity contribution in [2.24, 2.45) is 5.92 Å². The SMILES string of the molecule is C#Cc1c[nH]c(=O)c([C@@]2(C)CCN(C(C)=O)CC2C)c1. The Labute approximate surface area is 119 Å². The minimum Gasteiger partial charge on any atom is -0.343 e. The lowest BCUT2D eigenvalue weighted by Gasteiger charge is -2.44. The first-order valence-electron chi connectivity index (χ1n) is 6.84. The largest absolute Gasteiger partial charge is 0.343 e. The van der Waals surface area contributed by atoms with E-state index in [1.165, 1.54) is 0 Å². The van der Waals surface area contributed by atoms with Gasteiger partial charge in [-0.1, -0.05) is 19.8 Å². The van der Waals surface area contributed by atoms with Crippen molar-refractivity contribution in [3.05, 3.63) is 33.7 Å². The highest BCUT2D eigenvalue weighted by Gasteiger charge is 2.40. The van der Waals surface area contributed by atoms with Crippen LogP contribution in [-0.2, 0) is 10.2 Å². The van der Waals surface area contributed by atoms with Crippen LogP contribution in [0, 0.1) is 18.3 Å². The number of carbonyl (C=O) groups excluding carboxylic acids is 1. The molecule has 1 saturated heterocycles. The van der Waals surface area contributed by atoms with Gasteiger partial charge in [0.05, 0.1) is 0 Å². The van der Waals surface area contributed by atoms with E-state index in [1.54, 1.807) is 19.2 Å². The van der Waals surface area contributed by atoms with Gasteiger partial charge in [0, 0.05) is 42.8 Å². The number of aromatic nitrogens is 1. The Morgan fingerprint density at radius 2 is 2.30 bits per heavy atom. The second-order valence-electron chi connectivity index (χ2n) is 5.81. The molecule has 20 heavy (non-hydrogen) atoms. The van der Waals surface area contributed by atoms with Crippen molar-refractivity contribution in [1.82, 2.24) is 9.88 Å². The second-order valence-corrected chi connectivity index (χ2v) is 5.81. The molecular formula is C16H20N2O2. The fraction of sp³-hybridized carbons (Fsp3) is 0.500. The first-order chi connectivity index (χ1) is 9.38. The van der Waals surface area contributed by atoms with Crippen LogP contribution in [0.25, 0.3) is 0 Å². The van der Waals surface area contributed by atoms with Gasteiger partial charge in [0.15, 0.2) is 0 Å². The molecule has 1 aromatic heterocycles. The Morgan fingerprint density at radius 1 is 1.60 bits per heavy atom. The molecule has 0 aromatic carbocycles. The van der Waals surface area contributed by atoms with Gasteiger partial charge in [-0.2, -0.15) is 0 Å². The molecule has 2 atom stereocenters. The maximum Gasteiger partial charge on any atom is 0.251 e. The van der Waals surface area contributed by atoms with Crippen LogP contribution in [0.1, 0.15) is 38.3 Å². The Balaban J connectivity index is 2.40. The third-order valence-electron chi connectivity index (χ3n) is 4.61. The number of hydrogen-bond acceptors (Lipinski definition) is 2. The zero-order valence-electron chi connectivity index (χ0n) is 12.2. The number of aromatic amines is 1. The van der Waals surface area contributed by atoms with Crippen molar-refractivity contribution in [3.8, 4) is 12.3 Å². The van der Waals surface area contributed by atoms with E-state index in [2.05, 4.69) is 24.8 Å². The maximum absolute atomic E-state index is 12.1. The molecule has 1 N–H and O–H groups in total. The predicted molar refractivity (Wildman–Crippen MR) is 78.4 cm³/mol. The van der Waals surface area contributed by atoms with Gasteiger partial charge in [0.25, 0.3) is 5.56 Å². The summed E-state index contributed by atoms with van der Waals surface area (Å²) in [6, 6.07) is 1.80. The summed E-state index contributed by atoms with van der Waals surface area (Å²) < 4.78 is 0. The number of H-pyrrole nitrogens is 1. The van der Waals surface area contributed by atoms with Crippen molar-refractivity contribution < 1.29 is 4.79 Å². The van der Waals surface area contributed by atoms with Crippen LogP contribution in [0.3, 0.4) is 0 Å². The van der Waals surface area contributed by atoms with Crippen LogP contribution in [0.5, 0.6) is 0 Å². The predicted octanol–water partition coefficient (Wildman–Crippen LogP) is 1.50. The molecule has 2 heterocycles. The van der Waals surface area contributed by atoms with Crippen molar-refractivity contribution in [3.63, 3.8) is 0 Å². The fourth-order valence-corrected chi connectivity index (χ4v) is 2.91. The average molecular weight is 272 g/mol. The lowest BCUT2D eigenvalue weighted by molar-refractivity contribution is -0.131. The summed E-state index contributed by atoms with van der Waals surface area (Å²) in [5.74, 6) is 2.85. The lowest BCUT2D eigenvalue weighted by atomic mass is 9.68. The van der Waals surface area contributed by atoms with Crippen molar-refractivity contribution in [1.29, 1.82) is 0 Å². The first-order valence-corrected chi connectivity index (χ1v) is 6.84. The zero-order chi connectivity index (χ0) is 14.9. The topological polar surface area (TPSA) is 53.2 Å². The van der Waals surface area contributed by atoms with Gasteiger partial charge in [0.2, 0.25) is 5.91 Å². The van der Waals surface area contributed by atoms with Crippen LogP contribution >= 0.6 is 0 Å². The second kappa shape index (κ2) is 5.16. The zero-order valence-corrected chi connectivity index (χ0v) is 12.2. The molecule has 1 unspecified atom stereocenters. The average Bonchev–Trinajstić information content (AvgIpc) is 2.42. The van der Waals surface area contributed by atoms with Gasteiger partial charge < -0.3 is 9.88 Å². The maximum atomic E-state index is 12.1. The number of piperidine rings is 1. The van der Waals surface area contributed by atoms with E-state index >= 15 is 0 Å². The minimum absolute atomic E-state index is 0.0881. The first kappa shape index (κ1) is 14.4. The van der Waals surface area contributed by atoms with Crippen LogP contribution in [0.4, 0.5) is 0 Å². The Kier molecular flexibility index (Phi) is 3.71. The smallest absolute Gasteiger partial charge is 0.251 e. The molecule has 1 amide bonds. The molecule has 4 heteroatoms. The molecule has 1 fully saturated rings. The van der Waals surface area contributed by atoms with E-state index in [0.29, 0.717) is 18.7 Å². The van der Waals surface area contributed by atoms with Crippen LogP contribution < -0.4 is 5.56 Å². The summed E-state index contributed by atoms with van der Waals surface area (Å²) in [5.41, 5.74) is 1.06. The summed E-state index contributed by atoms with van der Waals surface area (Å²) in [5, 5.41) is 0. The summed E-state index contributed by atoms with van der Waals surface area (Å²) >= 11 is 0. The number of likely N-dealkylation sites (tertiary alicyclic amines) is 1. The Hall–Kier alpha value is -2.02. The molecule has 2 rings (SSSR count). The number of rotatable bonds is 1. The van der Waals surface area contributed by atoms with Gasteiger partial charge in [0.1, 0.15) is 0 Å². The molecule has 1 aliphatic rings. The van der Waals surface area contributed by atoms with Crippen molar-refractivity contribution in [2.75, 3.05) is 13.1 Å². The van der Waals surface area contributed by atoms with Gasteiger partial charge in [-0.15, -0.1) is 6.42 Å². The normalized spacial score (nSPS) is 26.1. The lowest BCUT2D eigenvalue weighted by Crippen LogP contribution is -2.50. The van der Waals surface area contributed by atoms with Gasteiger partial charge in [-0.25, -0.2) is 0 Å². The van der Waals surface area contributed by atoms with Crippen LogP contribution in [-0.4, -0.2) is 28.9 Å². The molecule has 0 saturated carbocycles. The van der Waals surface area contributed by atoms with Crippen LogP contribution in [0.15, 0.2) is 17.1 Å². The number of carbonyl (C=O) groups is 1. The molecule has 0 bridgehead atoms. The number of pyridine rings is 1. The molecular weight excluding hydrogens is 252 g/mol. The molecule has 4 nitrogen and oxygen atoms in total. The standard InChI is InChI=1S/C16H20N2O2/c1-5-13-8-14(15(20)17-9-13)16(4)6-7-18(12(3)19)10-11(16)2/h1,8-9,11H,6-7,10H2,2-4H3,(H,17,20)/t11?,16-/m0/s1. The third-order valence-corrected chi connectivity index (χ3v) is 4.61. The van der Waals surface area contributed by atoms with Gasteiger partial charge in [-0.3, -0.25) is 9.59 Å². The summed E-state index contributed by atoms with van der Waals surface area (Å²) in [7, 11) is 0. The van der Waals surface area contributed by atoms with E-state index in [4.69, 9.17) is 6.42 Å². The summed E-state index contributed by atoms with van der Waals surface area (Å²) in [4.78, 5) is 28.2. The van der Waals surface area contributed by atoms with E-state index in [-0.39, 0.29) is 22.8 Å². The van der Waals surface area contributed by atoms with Crippen molar-refractivity contribution in [2.45, 2.75) is 32.6 Å². The van der Waals surface area contributed by atoms with E-state index < -0.39 is 0 Å². The highest BCUT2D eigenvalue weighted by molar-refractivity contribution is 5.73. The number of hydrogen-bond donors (Lipinski definition) is 1. The highest BCUT2D eigenvalue weighted by Crippen LogP contribution is 2.37. The third kappa shape index (κ3) is 2.36. The monoisotopic (exact) mass is 272 g/mol. The highest BCUT2D eigenvalue weighted by atomic mass is 16.2. The number of nitrogens with one attached hydrogen (secondary N) is 1. The number of terminal acetylenes is 1. The fourth-order valence-electron chi connectivity index (χ4n) is 2.91. The molecule has 0 radical (unpaired) electrons. The summed E-state index contributed by atoms with van der Waals surface area (Å²) in [6.45, 7) is 7.10. The van der Waals surface area contributed by atoms with E-state index in [9.17, 15) is 9.59 Å². The quantitative estimate of drug-likeness (QED) is 0.788. The molecule has 1 aromatic rings. The summed E-state index contributed by atoms with van der Waals surface area (Å²) in [6.07, 6.45) is 7.74. The molecule has 106 valence electrons. The Morgan fingerprint density at radius 3 is 2.85 bits per heavy atom. The molecule has 1 aliphatic heterocycles. The Bertz CT molecular complexity index is 626. The minimum atomic E-state index is -0.258.